The van der Waals surface area contributed by atoms with Crippen molar-refractivity contribution < 1.29 is 18.3 Å². The van der Waals surface area contributed by atoms with Crippen LogP contribution in [-0.2, 0) is 17.8 Å². The third-order valence-electron chi connectivity index (χ3n) is 3.90. The van der Waals surface area contributed by atoms with Crippen LogP contribution in [0.25, 0.3) is 0 Å². The second-order valence-electron chi connectivity index (χ2n) is 6.05. The van der Waals surface area contributed by atoms with Crippen molar-refractivity contribution in [1.29, 1.82) is 0 Å². The first kappa shape index (κ1) is 19.2. The fourth-order valence-electron chi connectivity index (χ4n) is 2.46. The second kappa shape index (κ2) is 9.41. The van der Waals surface area contributed by atoms with Crippen LogP contribution >= 0.6 is 0 Å². The molecule has 0 saturated heterocycles. The molecule has 142 valence electrons. The minimum atomic E-state index is -0.348. The Balaban J connectivity index is 1.56. The predicted molar refractivity (Wildman–Crippen MR) is 103 cm³/mol. The highest BCUT2D eigenvalue weighted by Crippen LogP contribution is 2.17. The normalized spacial score (nSPS) is 10.8. The van der Waals surface area contributed by atoms with E-state index in [0.29, 0.717) is 16.9 Å². The number of amides is 1. The van der Waals surface area contributed by atoms with Crippen molar-refractivity contribution in [2.45, 2.75) is 13.0 Å². The number of para-hydroxylation sites is 1. The zero-order chi connectivity index (χ0) is 19.8. The van der Waals surface area contributed by atoms with Crippen molar-refractivity contribution in [2.24, 2.45) is 5.10 Å². The molecule has 3 aromatic carbocycles. The van der Waals surface area contributed by atoms with Gasteiger partial charge in [-0.3, -0.25) is 4.79 Å². The topological polar surface area (TPSA) is 50.7 Å². The Kier molecular flexibility index (Phi) is 6.46. The van der Waals surface area contributed by atoms with E-state index in [0.717, 1.165) is 5.56 Å². The molecule has 1 amide bonds. The zero-order valence-electron chi connectivity index (χ0n) is 14.9. The highest BCUT2D eigenvalue weighted by atomic mass is 19.1. The molecule has 0 aliphatic carbocycles. The average Bonchev–Trinajstić information content (AvgIpc) is 2.70. The molecule has 3 aromatic rings. The largest absolute Gasteiger partial charge is 0.488 e. The van der Waals surface area contributed by atoms with Crippen LogP contribution in [0, 0.1) is 11.6 Å². The van der Waals surface area contributed by atoms with Crippen LogP contribution in [0.1, 0.15) is 16.7 Å². The minimum Gasteiger partial charge on any atom is -0.488 e. The smallest absolute Gasteiger partial charge is 0.244 e. The summed E-state index contributed by atoms with van der Waals surface area (Å²) in [5.41, 5.74) is 4.65. The van der Waals surface area contributed by atoms with Crippen molar-refractivity contribution >= 4 is 12.1 Å². The highest BCUT2D eigenvalue weighted by Gasteiger charge is 2.04. The number of benzene rings is 3. The number of hydrogen-bond acceptors (Lipinski definition) is 3. The molecular formula is C22H18F2N2O2. The Morgan fingerprint density at radius 2 is 1.50 bits per heavy atom. The summed E-state index contributed by atoms with van der Waals surface area (Å²) in [6.07, 6.45) is 1.59. The van der Waals surface area contributed by atoms with Crippen molar-refractivity contribution in [3.8, 4) is 5.75 Å². The molecule has 0 radical (unpaired) electrons. The Labute approximate surface area is 161 Å². The number of hydrazone groups is 1. The maximum absolute atomic E-state index is 13.0. The van der Waals surface area contributed by atoms with E-state index in [4.69, 9.17) is 4.74 Å². The summed E-state index contributed by atoms with van der Waals surface area (Å²) in [5, 5.41) is 3.95. The summed E-state index contributed by atoms with van der Waals surface area (Å²) in [5.74, 6) is -0.372. The first-order valence-corrected chi connectivity index (χ1v) is 8.63. The lowest BCUT2D eigenvalue weighted by molar-refractivity contribution is -0.120. The van der Waals surface area contributed by atoms with E-state index in [1.165, 1.54) is 30.5 Å². The number of rotatable bonds is 7. The summed E-state index contributed by atoms with van der Waals surface area (Å²) in [6.45, 7) is 0.280. The Morgan fingerprint density at radius 1 is 0.893 bits per heavy atom. The minimum absolute atomic E-state index is 0.0976. The second-order valence-corrected chi connectivity index (χ2v) is 6.05. The Hall–Kier alpha value is -3.54. The summed E-state index contributed by atoms with van der Waals surface area (Å²) in [6, 6.07) is 19.0. The van der Waals surface area contributed by atoms with Gasteiger partial charge in [0.15, 0.2) is 0 Å². The molecule has 3 rings (SSSR count). The van der Waals surface area contributed by atoms with Crippen LogP contribution < -0.4 is 10.2 Å². The summed E-state index contributed by atoms with van der Waals surface area (Å²) in [7, 11) is 0. The lowest BCUT2D eigenvalue weighted by Gasteiger charge is -2.09. The van der Waals surface area contributed by atoms with Gasteiger partial charge in [-0.1, -0.05) is 36.4 Å². The van der Waals surface area contributed by atoms with Gasteiger partial charge in [-0.25, -0.2) is 14.2 Å². The van der Waals surface area contributed by atoms with Crippen LogP contribution in [0.15, 0.2) is 77.9 Å². The molecule has 0 bridgehead atoms. The molecule has 0 aromatic heterocycles. The van der Waals surface area contributed by atoms with Crippen molar-refractivity contribution in [3.63, 3.8) is 0 Å². The van der Waals surface area contributed by atoms with Crippen molar-refractivity contribution in [3.05, 3.63) is 101 Å². The van der Waals surface area contributed by atoms with Crippen molar-refractivity contribution in [1.82, 2.24) is 5.43 Å². The number of halogens is 2. The molecule has 1 N–H and O–H groups in total. The molecule has 6 heteroatoms. The van der Waals surface area contributed by atoms with Crippen LogP contribution in [0.3, 0.4) is 0 Å². The maximum atomic E-state index is 13.0. The maximum Gasteiger partial charge on any atom is 0.244 e. The van der Waals surface area contributed by atoms with E-state index in [9.17, 15) is 13.6 Å². The number of ether oxygens (including phenoxy) is 1. The van der Waals surface area contributed by atoms with Crippen LogP contribution in [0.4, 0.5) is 8.78 Å². The van der Waals surface area contributed by atoms with E-state index in [-0.39, 0.29) is 30.6 Å². The van der Waals surface area contributed by atoms with E-state index in [1.54, 1.807) is 36.4 Å². The molecule has 0 aliphatic rings. The number of nitrogens with zero attached hydrogens (tertiary/aromatic N) is 1. The number of nitrogens with one attached hydrogen (secondary N) is 1. The fourth-order valence-corrected chi connectivity index (χ4v) is 2.46. The molecule has 0 heterocycles. The van der Waals surface area contributed by atoms with E-state index < -0.39 is 0 Å². The molecule has 0 saturated carbocycles. The van der Waals surface area contributed by atoms with E-state index in [2.05, 4.69) is 10.5 Å². The lowest BCUT2D eigenvalue weighted by Crippen LogP contribution is -2.19. The van der Waals surface area contributed by atoms with E-state index >= 15 is 0 Å². The summed E-state index contributed by atoms with van der Waals surface area (Å²) in [4.78, 5) is 11.9. The van der Waals surface area contributed by atoms with Crippen LogP contribution in [0.5, 0.6) is 5.75 Å². The SMILES string of the molecule is O=C(Cc1ccc(F)cc1)N/N=C/c1ccccc1OCc1ccc(F)cc1. The fraction of sp³-hybridized carbons (Fsp3) is 0.0909. The molecule has 0 aliphatic heterocycles. The summed E-state index contributed by atoms with van der Waals surface area (Å²) < 4.78 is 31.6. The van der Waals surface area contributed by atoms with Crippen molar-refractivity contribution in [2.75, 3.05) is 0 Å². The van der Waals surface area contributed by atoms with Gasteiger partial charge < -0.3 is 4.74 Å². The number of hydrogen-bond donors (Lipinski definition) is 1. The molecule has 0 fully saturated rings. The van der Waals surface area contributed by atoms with Gasteiger partial charge in [-0.15, -0.1) is 0 Å². The predicted octanol–water partition coefficient (Wildman–Crippen LogP) is 4.24. The Bertz CT molecular complexity index is 955. The zero-order valence-corrected chi connectivity index (χ0v) is 14.9. The average molecular weight is 380 g/mol. The van der Waals surface area contributed by atoms with E-state index in [1.807, 2.05) is 12.1 Å². The monoisotopic (exact) mass is 380 g/mol. The van der Waals surface area contributed by atoms with Gasteiger partial charge in [0.1, 0.15) is 24.0 Å². The van der Waals surface area contributed by atoms with Crippen LogP contribution in [0.2, 0.25) is 0 Å². The third-order valence-corrected chi connectivity index (χ3v) is 3.90. The quantitative estimate of drug-likeness (QED) is 0.492. The summed E-state index contributed by atoms with van der Waals surface area (Å²) >= 11 is 0. The van der Waals surface area contributed by atoms with Gasteiger partial charge in [-0.05, 0) is 47.5 Å². The molecule has 0 unspecified atom stereocenters. The lowest BCUT2D eigenvalue weighted by atomic mass is 10.1. The van der Waals surface area contributed by atoms with Gasteiger partial charge in [0.05, 0.1) is 12.6 Å². The third kappa shape index (κ3) is 5.74. The van der Waals surface area contributed by atoms with Gasteiger partial charge in [0, 0.05) is 5.56 Å². The van der Waals surface area contributed by atoms with Gasteiger partial charge >= 0.3 is 0 Å². The number of carbonyl (C=O) groups excluding carboxylic acids is 1. The number of carbonyl (C=O) groups is 1. The molecular weight excluding hydrogens is 362 g/mol. The molecule has 0 spiro atoms. The highest BCUT2D eigenvalue weighted by molar-refractivity contribution is 5.85. The first-order valence-electron chi connectivity index (χ1n) is 8.63. The molecule has 28 heavy (non-hydrogen) atoms. The standard InChI is InChI=1S/C22H18F2N2O2/c23-19-9-5-16(6-10-19)13-22(27)26-25-14-18-3-1-2-4-21(18)28-15-17-7-11-20(24)12-8-17/h1-12,14H,13,15H2,(H,26,27)/b25-14+. The molecule has 0 atom stereocenters. The Morgan fingerprint density at radius 3 is 2.18 bits per heavy atom. The van der Waals surface area contributed by atoms with Gasteiger partial charge in [0.25, 0.3) is 0 Å². The first-order chi connectivity index (χ1) is 13.6. The molecule has 4 nitrogen and oxygen atoms in total. The van der Waals surface area contributed by atoms with Gasteiger partial charge in [-0.2, -0.15) is 5.10 Å². The van der Waals surface area contributed by atoms with Gasteiger partial charge in [0.2, 0.25) is 5.91 Å². The van der Waals surface area contributed by atoms with Crippen LogP contribution in [-0.4, -0.2) is 12.1 Å².